The Morgan fingerprint density at radius 3 is 2.34 bits per heavy atom. The summed E-state index contributed by atoms with van der Waals surface area (Å²) in [7, 11) is 1.62. The lowest BCUT2D eigenvalue weighted by atomic mass is 10.1. The molecule has 7 nitrogen and oxygen atoms in total. The van der Waals surface area contributed by atoms with Crippen LogP contribution in [0.2, 0.25) is 0 Å². The number of carbonyl (C=O) groups excluding carboxylic acids is 2. The zero-order valence-corrected chi connectivity index (χ0v) is 21.0. The molecule has 0 saturated heterocycles. The molecule has 0 radical (unpaired) electrons. The molecule has 7 heteroatoms. The number of rotatable bonds is 13. The first-order valence-corrected chi connectivity index (χ1v) is 12.4. The van der Waals surface area contributed by atoms with Gasteiger partial charge in [0.05, 0.1) is 25.0 Å². The molecule has 0 fully saturated rings. The van der Waals surface area contributed by atoms with Gasteiger partial charge in [0, 0.05) is 24.6 Å². The van der Waals surface area contributed by atoms with E-state index in [9.17, 15) is 9.59 Å². The molecule has 1 heterocycles. The molecule has 0 saturated carbocycles. The standard InChI is InChI=1S/C28H36N4O3/c1-4-6-7-8-12-15-28(34)31(5-2)21-27(33)29-26-20-25(22-13-10-9-11-14-22)30-32(26)23-16-18-24(35-3)19-17-23/h9-11,13-14,16-20H,4-8,12,15,21H2,1-3H3,(H,29,33). The van der Waals surface area contributed by atoms with Crippen LogP contribution in [0.4, 0.5) is 5.82 Å². The highest BCUT2D eigenvalue weighted by Crippen LogP contribution is 2.26. The van der Waals surface area contributed by atoms with Crippen LogP contribution in [0.1, 0.15) is 52.4 Å². The van der Waals surface area contributed by atoms with E-state index in [2.05, 4.69) is 12.2 Å². The van der Waals surface area contributed by atoms with E-state index >= 15 is 0 Å². The van der Waals surface area contributed by atoms with E-state index in [1.165, 1.54) is 12.8 Å². The number of carbonyl (C=O) groups is 2. The van der Waals surface area contributed by atoms with E-state index in [-0.39, 0.29) is 18.4 Å². The first-order chi connectivity index (χ1) is 17.0. The summed E-state index contributed by atoms with van der Waals surface area (Å²) in [5, 5.41) is 7.71. The number of unbranched alkanes of at least 4 members (excludes halogenated alkanes) is 4. The molecule has 1 N–H and O–H groups in total. The van der Waals surface area contributed by atoms with Gasteiger partial charge < -0.3 is 15.0 Å². The van der Waals surface area contributed by atoms with Crippen molar-refractivity contribution in [2.75, 3.05) is 25.5 Å². The summed E-state index contributed by atoms with van der Waals surface area (Å²) in [5.41, 5.74) is 2.48. The molecule has 0 aliphatic heterocycles. The number of benzene rings is 2. The first kappa shape index (κ1) is 26.0. The lowest BCUT2D eigenvalue weighted by molar-refractivity contribution is -0.134. The highest BCUT2D eigenvalue weighted by molar-refractivity contribution is 5.94. The minimum absolute atomic E-state index is 0.0127. The zero-order chi connectivity index (χ0) is 25.0. The molecule has 0 spiro atoms. The van der Waals surface area contributed by atoms with Crippen molar-refractivity contribution in [1.29, 1.82) is 0 Å². The number of methoxy groups -OCH3 is 1. The molecule has 1 aromatic heterocycles. The van der Waals surface area contributed by atoms with E-state index in [0.717, 1.165) is 42.0 Å². The topological polar surface area (TPSA) is 76.5 Å². The number of hydrogen-bond acceptors (Lipinski definition) is 4. The molecular weight excluding hydrogens is 440 g/mol. The van der Waals surface area contributed by atoms with Crippen molar-refractivity contribution in [2.24, 2.45) is 0 Å². The Labute approximate surface area is 208 Å². The molecule has 0 bridgehead atoms. The first-order valence-electron chi connectivity index (χ1n) is 12.4. The fraction of sp³-hybridized carbons (Fsp3) is 0.393. The average Bonchev–Trinajstić information content (AvgIpc) is 3.31. The summed E-state index contributed by atoms with van der Waals surface area (Å²) >= 11 is 0. The monoisotopic (exact) mass is 476 g/mol. The molecule has 35 heavy (non-hydrogen) atoms. The summed E-state index contributed by atoms with van der Waals surface area (Å²) < 4.78 is 6.96. The number of amides is 2. The van der Waals surface area contributed by atoms with Gasteiger partial charge in [0.1, 0.15) is 11.6 Å². The Morgan fingerprint density at radius 2 is 1.69 bits per heavy atom. The van der Waals surface area contributed by atoms with E-state index in [1.807, 2.05) is 67.6 Å². The van der Waals surface area contributed by atoms with Crippen molar-refractivity contribution in [3.05, 3.63) is 60.7 Å². The van der Waals surface area contributed by atoms with Gasteiger partial charge in [0.25, 0.3) is 0 Å². The summed E-state index contributed by atoms with van der Waals surface area (Å²) in [6.45, 7) is 4.58. The highest BCUT2D eigenvalue weighted by atomic mass is 16.5. The zero-order valence-electron chi connectivity index (χ0n) is 21.0. The largest absolute Gasteiger partial charge is 0.497 e. The van der Waals surface area contributed by atoms with E-state index in [4.69, 9.17) is 9.84 Å². The number of anilines is 1. The second kappa shape index (κ2) is 13.3. The van der Waals surface area contributed by atoms with Crippen LogP contribution in [0.3, 0.4) is 0 Å². The van der Waals surface area contributed by atoms with Gasteiger partial charge in [-0.15, -0.1) is 0 Å². The normalized spacial score (nSPS) is 10.7. The fourth-order valence-electron chi connectivity index (χ4n) is 3.91. The number of nitrogens with one attached hydrogen (secondary N) is 1. The van der Waals surface area contributed by atoms with Crippen molar-refractivity contribution in [2.45, 2.75) is 52.4 Å². The van der Waals surface area contributed by atoms with Crippen molar-refractivity contribution in [1.82, 2.24) is 14.7 Å². The lowest BCUT2D eigenvalue weighted by Gasteiger charge is -2.20. The van der Waals surface area contributed by atoms with Gasteiger partial charge in [0.15, 0.2) is 0 Å². The van der Waals surface area contributed by atoms with Gasteiger partial charge in [-0.1, -0.05) is 62.9 Å². The second-order valence-electron chi connectivity index (χ2n) is 8.51. The number of aromatic nitrogens is 2. The summed E-state index contributed by atoms with van der Waals surface area (Å²) in [5.74, 6) is 1.05. The molecule has 0 aliphatic rings. The number of nitrogens with zero attached hydrogens (tertiary/aromatic N) is 3. The van der Waals surface area contributed by atoms with Crippen LogP contribution in [0.25, 0.3) is 16.9 Å². The van der Waals surface area contributed by atoms with Crippen LogP contribution in [0.15, 0.2) is 60.7 Å². The number of likely N-dealkylation sites (N-methyl/N-ethyl adjacent to an activating group) is 1. The van der Waals surface area contributed by atoms with Crippen LogP contribution in [0.5, 0.6) is 5.75 Å². The van der Waals surface area contributed by atoms with Crippen molar-refractivity contribution < 1.29 is 14.3 Å². The maximum atomic E-state index is 13.0. The van der Waals surface area contributed by atoms with Crippen LogP contribution >= 0.6 is 0 Å². The lowest BCUT2D eigenvalue weighted by Crippen LogP contribution is -2.38. The molecule has 0 atom stereocenters. The Bertz CT molecular complexity index is 1080. The predicted octanol–water partition coefficient (Wildman–Crippen LogP) is 5.70. The molecule has 3 aromatic rings. The smallest absolute Gasteiger partial charge is 0.245 e. The van der Waals surface area contributed by atoms with E-state index < -0.39 is 0 Å². The van der Waals surface area contributed by atoms with Gasteiger partial charge in [-0.2, -0.15) is 5.10 Å². The van der Waals surface area contributed by atoms with Gasteiger partial charge in [-0.3, -0.25) is 9.59 Å². The average molecular weight is 477 g/mol. The van der Waals surface area contributed by atoms with Gasteiger partial charge >= 0.3 is 0 Å². The third-order valence-corrected chi connectivity index (χ3v) is 5.93. The summed E-state index contributed by atoms with van der Waals surface area (Å²) in [6, 6.07) is 19.1. The third kappa shape index (κ3) is 7.44. The Morgan fingerprint density at radius 1 is 0.971 bits per heavy atom. The van der Waals surface area contributed by atoms with E-state index in [1.54, 1.807) is 16.7 Å². The number of hydrogen-bond donors (Lipinski definition) is 1. The predicted molar refractivity (Wildman–Crippen MR) is 140 cm³/mol. The van der Waals surface area contributed by atoms with Crippen LogP contribution < -0.4 is 10.1 Å². The van der Waals surface area contributed by atoms with Crippen molar-refractivity contribution in [3.8, 4) is 22.7 Å². The molecule has 2 aromatic carbocycles. The van der Waals surface area contributed by atoms with Crippen LogP contribution in [0, 0.1) is 0 Å². The maximum absolute atomic E-state index is 13.0. The molecule has 0 aliphatic carbocycles. The Kier molecular flexibility index (Phi) is 9.90. The van der Waals surface area contributed by atoms with Gasteiger partial charge in [-0.25, -0.2) is 4.68 Å². The molecule has 0 unspecified atom stereocenters. The van der Waals surface area contributed by atoms with Crippen LogP contribution in [-0.4, -0.2) is 46.7 Å². The minimum atomic E-state index is -0.250. The second-order valence-corrected chi connectivity index (χ2v) is 8.51. The Hall–Kier alpha value is -3.61. The van der Waals surface area contributed by atoms with Gasteiger partial charge in [0.2, 0.25) is 11.8 Å². The van der Waals surface area contributed by atoms with Crippen LogP contribution in [-0.2, 0) is 9.59 Å². The summed E-state index contributed by atoms with van der Waals surface area (Å²) in [4.78, 5) is 27.2. The quantitative estimate of drug-likeness (QED) is 0.321. The minimum Gasteiger partial charge on any atom is -0.497 e. The molecular formula is C28H36N4O3. The third-order valence-electron chi connectivity index (χ3n) is 5.93. The molecule has 2 amide bonds. The molecule has 186 valence electrons. The SMILES string of the molecule is CCCCCCCC(=O)N(CC)CC(=O)Nc1cc(-c2ccccc2)nn1-c1ccc(OC)cc1. The summed E-state index contributed by atoms with van der Waals surface area (Å²) in [6.07, 6.45) is 5.91. The van der Waals surface area contributed by atoms with E-state index in [0.29, 0.717) is 18.8 Å². The highest BCUT2D eigenvalue weighted by Gasteiger charge is 2.18. The van der Waals surface area contributed by atoms with Crippen molar-refractivity contribution in [3.63, 3.8) is 0 Å². The van der Waals surface area contributed by atoms with Gasteiger partial charge in [-0.05, 0) is 37.6 Å². The fourth-order valence-corrected chi connectivity index (χ4v) is 3.91. The maximum Gasteiger partial charge on any atom is 0.245 e. The molecule has 3 rings (SSSR count). The number of ether oxygens (including phenoxy) is 1. The van der Waals surface area contributed by atoms with Crippen molar-refractivity contribution >= 4 is 17.6 Å². The Balaban J connectivity index is 1.74.